The van der Waals surface area contributed by atoms with Gasteiger partial charge in [-0.1, -0.05) is 23.7 Å². The molecule has 1 saturated heterocycles. The third-order valence-corrected chi connectivity index (χ3v) is 8.92. The molecular weight excluding hydrogens is 488 g/mol. The second kappa shape index (κ2) is 9.52. The number of imidazole rings is 1. The van der Waals surface area contributed by atoms with E-state index in [1.165, 1.54) is 16.8 Å². The first kappa shape index (κ1) is 25.0. The van der Waals surface area contributed by atoms with Gasteiger partial charge >= 0.3 is 0 Å². The monoisotopic (exact) mass is 515 g/mol. The van der Waals surface area contributed by atoms with Gasteiger partial charge in [-0.05, 0) is 25.0 Å². The molecule has 0 bridgehead atoms. The summed E-state index contributed by atoms with van der Waals surface area (Å²) in [6.07, 6.45) is 2.74. The Morgan fingerprint density at radius 1 is 1.12 bits per heavy atom. The van der Waals surface area contributed by atoms with Gasteiger partial charge in [0.05, 0.1) is 16.9 Å². The summed E-state index contributed by atoms with van der Waals surface area (Å²) in [5.74, 6) is -3.10. The summed E-state index contributed by atoms with van der Waals surface area (Å²) >= 11 is 6.13. The van der Waals surface area contributed by atoms with Crippen LogP contribution in [0.5, 0.6) is 0 Å². The van der Waals surface area contributed by atoms with Crippen molar-refractivity contribution in [3.63, 3.8) is 0 Å². The number of aryl methyl sites for hydroxylation is 1. The van der Waals surface area contributed by atoms with Crippen LogP contribution in [0.3, 0.4) is 0 Å². The number of nitrogens with zero attached hydrogens (tertiary/aromatic N) is 4. The van der Waals surface area contributed by atoms with Crippen LogP contribution in [0.1, 0.15) is 36.0 Å². The van der Waals surface area contributed by atoms with Crippen LogP contribution in [0.4, 0.5) is 8.78 Å². The standard InChI is InChI=1S/C22H28ClF2N5O3S/c1-28-14-19(27-16-28)34(32,33)30-12-10-29(11-13-30)21(6-8-22(24,25)9-7-21)15-26-20(31)17-4-2-3-5-18(17)23/h2-5,14,16H,6-13,15H2,1H3,(H,26,31). The fourth-order valence-electron chi connectivity index (χ4n) is 4.73. The highest BCUT2D eigenvalue weighted by atomic mass is 35.5. The van der Waals surface area contributed by atoms with E-state index in [1.807, 2.05) is 0 Å². The molecule has 0 unspecified atom stereocenters. The summed E-state index contributed by atoms with van der Waals surface area (Å²) in [6, 6.07) is 6.66. The van der Waals surface area contributed by atoms with Crippen molar-refractivity contribution in [1.82, 2.24) is 24.1 Å². The van der Waals surface area contributed by atoms with Gasteiger partial charge in [0.1, 0.15) is 0 Å². The van der Waals surface area contributed by atoms with E-state index in [4.69, 9.17) is 11.6 Å². The average molecular weight is 516 g/mol. The van der Waals surface area contributed by atoms with Crippen molar-refractivity contribution < 1.29 is 22.0 Å². The van der Waals surface area contributed by atoms with Crippen LogP contribution in [0, 0.1) is 0 Å². The number of sulfonamides is 1. The number of aromatic nitrogens is 2. The second-order valence-corrected chi connectivity index (χ2v) is 11.3. The maximum Gasteiger partial charge on any atom is 0.262 e. The molecule has 2 heterocycles. The number of amides is 1. The molecule has 2 aliphatic rings. The molecule has 0 radical (unpaired) electrons. The topological polar surface area (TPSA) is 87.5 Å². The fraction of sp³-hybridized carbons (Fsp3) is 0.545. The Bertz CT molecular complexity index is 1140. The fourth-order valence-corrected chi connectivity index (χ4v) is 6.34. The van der Waals surface area contributed by atoms with Gasteiger partial charge in [0, 0.05) is 64.3 Å². The predicted octanol–water partition coefficient (Wildman–Crippen LogP) is 2.76. The molecule has 1 saturated carbocycles. The molecule has 2 fully saturated rings. The van der Waals surface area contributed by atoms with Crippen LogP contribution in [-0.2, 0) is 17.1 Å². The lowest BCUT2D eigenvalue weighted by Gasteiger charge is -2.50. The smallest absolute Gasteiger partial charge is 0.262 e. The molecule has 1 aliphatic carbocycles. The molecule has 34 heavy (non-hydrogen) atoms. The van der Waals surface area contributed by atoms with E-state index in [-0.39, 0.29) is 56.3 Å². The average Bonchev–Trinajstić information content (AvgIpc) is 3.26. The van der Waals surface area contributed by atoms with Crippen LogP contribution < -0.4 is 5.32 Å². The number of benzene rings is 1. The number of halogens is 3. The van der Waals surface area contributed by atoms with Gasteiger partial charge < -0.3 is 9.88 Å². The third kappa shape index (κ3) is 5.12. The predicted molar refractivity (Wildman–Crippen MR) is 123 cm³/mol. The van der Waals surface area contributed by atoms with E-state index in [1.54, 1.807) is 35.9 Å². The highest BCUT2D eigenvalue weighted by Crippen LogP contribution is 2.42. The molecule has 1 aromatic carbocycles. The lowest BCUT2D eigenvalue weighted by atomic mass is 9.78. The Balaban J connectivity index is 1.47. The number of rotatable bonds is 6. The molecule has 12 heteroatoms. The molecule has 1 amide bonds. The van der Waals surface area contributed by atoms with Gasteiger partial charge in [-0.2, -0.15) is 4.31 Å². The Kier molecular flexibility index (Phi) is 7.01. The van der Waals surface area contributed by atoms with E-state index in [0.717, 1.165) is 0 Å². The SMILES string of the molecule is Cn1cnc(S(=O)(=O)N2CCN(C3(CNC(=O)c4ccccc4Cl)CCC(F)(F)CC3)CC2)c1. The van der Waals surface area contributed by atoms with Crippen LogP contribution in [-0.4, -0.2) is 77.3 Å². The molecular formula is C22H28ClF2N5O3S. The van der Waals surface area contributed by atoms with Crippen LogP contribution in [0.2, 0.25) is 5.02 Å². The van der Waals surface area contributed by atoms with Crippen molar-refractivity contribution in [2.75, 3.05) is 32.7 Å². The molecule has 1 aromatic heterocycles. The number of hydrogen-bond acceptors (Lipinski definition) is 5. The van der Waals surface area contributed by atoms with E-state index >= 15 is 0 Å². The van der Waals surface area contributed by atoms with Gasteiger partial charge in [0.2, 0.25) is 5.92 Å². The minimum absolute atomic E-state index is 0.0116. The third-order valence-electron chi connectivity index (χ3n) is 6.80. The lowest BCUT2D eigenvalue weighted by Crippen LogP contribution is -2.63. The van der Waals surface area contributed by atoms with E-state index in [0.29, 0.717) is 23.7 Å². The summed E-state index contributed by atoms with van der Waals surface area (Å²) < 4.78 is 56.8. The molecule has 1 N–H and O–H groups in total. The molecule has 4 rings (SSSR count). The van der Waals surface area contributed by atoms with Crippen molar-refractivity contribution in [1.29, 1.82) is 0 Å². The highest BCUT2D eigenvalue weighted by Gasteiger charge is 2.48. The molecule has 1 aliphatic heterocycles. The Morgan fingerprint density at radius 3 is 2.35 bits per heavy atom. The van der Waals surface area contributed by atoms with Gasteiger partial charge in [-0.25, -0.2) is 22.2 Å². The van der Waals surface area contributed by atoms with Gasteiger partial charge in [-0.15, -0.1) is 0 Å². The first-order valence-electron chi connectivity index (χ1n) is 11.2. The van der Waals surface area contributed by atoms with Crippen molar-refractivity contribution in [3.8, 4) is 0 Å². The minimum Gasteiger partial charge on any atom is -0.350 e. The lowest BCUT2D eigenvalue weighted by molar-refractivity contribution is -0.0856. The van der Waals surface area contributed by atoms with Crippen LogP contribution in [0.15, 0.2) is 41.8 Å². The number of hydrogen-bond donors (Lipinski definition) is 1. The number of alkyl halides is 2. The van der Waals surface area contributed by atoms with Gasteiger partial charge in [0.25, 0.3) is 15.9 Å². The van der Waals surface area contributed by atoms with Gasteiger partial charge in [0.15, 0.2) is 5.03 Å². The molecule has 186 valence electrons. The van der Waals surface area contributed by atoms with Gasteiger partial charge in [-0.3, -0.25) is 9.69 Å². The number of carbonyl (C=O) groups is 1. The van der Waals surface area contributed by atoms with E-state index in [9.17, 15) is 22.0 Å². The molecule has 0 atom stereocenters. The van der Waals surface area contributed by atoms with Crippen molar-refractivity contribution in [2.24, 2.45) is 7.05 Å². The zero-order chi connectivity index (χ0) is 24.6. The summed E-state index contributed by atoms with van der Waals surface area (Å²) in [5.41, 5.74) is -0.355. The number of nitrogens with one attached hydrogen (secondary N) is 1. The maximum atomic E-state index is 14.0. The zero-order valence-electron chi connectivity index (χ0n) is 18.9. The Labute approximate surface area is 202 Å². The number of piperazine rings is 1. The maximum absolute atomic E-state index is 14.0. The second-order valence-electron chi connectivity index (χ2n) is 9.01. The summed E-state index contributed by atoms with van der Waals surface area (Å²) in [5, 5.41) is 3.20. The minimum atomic E-state index is -3.73. The largest absolute Gasteiger partial charge is 0.350 e. The van der Waals surface area contributed by atoms with Crippen molar-refractivity contribution >= 4 is 27.5 Å². The number of carbonyl (C=O) groups excluding carboxylic acids is 1. The van der Waals surface area contributed by atoms with E-state index < -0.39 is 21.5 Å². The summed E-state index contributed by atoms with van der Waals surface area (Å²) in [4.78, 5) is 18.8. The Hall–Kier alpha value is -2.08. The van der Waals surface area contributed by atoms with Crippen LogP contribution >= 0.6 is 11.6 Å². The normalized spacial score (nSPS) is 21.3. The van der Waals surface area contributed by atoms with Crippen molar-refractivity contribution in [2.45, 2.75) is 42.2 Å². The summed E-state index contributed by atoms with van der Waals surface area (Å²) in [7, 11) is -2.03. The Morgan fingerprint density at radius 2 is 1.76 bits per heavy atom. The highest BCUT2D eigenvalue weighted by molar-refractivity contribution is 7.89. The van der Waals surface area contributed by atoms with E-state index in [2.05, 4.69) is 15.2 Å². The van der Waals surface area contributed by atoms with Crippen LogP contribution in [0.25, 0.3) is 0 Å². The molecule has 0 spiro atoms. The summed E-state index contributed by atoms with van der Waals surface area (Å²) in [6.45, 7) is 1.37. The molecule has 2 aromatic rings. The first-order valence-corrected chi connectivity index (χ1v) is 13.0. The first-order chi connectivity index (χ1) is 16.0. The quantitative estimate of drug-likeness (QED) is 0.639. The van der Waals surface area contributed by atoms with Crippen molar-refractivity contribution in [3.05, 3.63) is 47.4 Å². The molecule has 8 nitrogen and oxygen atoms in total. The zero-order valence-corrected chi connectivity index (χ0v) is 20.5.